The molecule has 7 unspecified atom stereocenters. The number of rotatable bonds is 2. The summed E-state index contributed by atoms with van der Waals surface area (Å²) < 4.78 is 14.2. The number of aromatic nitrogens is 2. The molecule has 2 aromatic heterocycles. The maximum Gasteiger partial charge on any atom is 0.238 e. The molecule has 3 aromatic rings. The number of carbonyl (C=O) groups is 2. The number of imide groups is 1. The molecule has 1 N–H and O–H groups in total. The molecule has 2 amide bonds. The summed E-state index contributed by atoms with van der Waals surface area (Å²) in [5, 5.41) is 1.33. The van der Waals surface area contributed by atoms with Crippen molar-refractivity contribution in [2.24, 2.45) is 29.6 Å². The van der Waals surface area contributed by atoms with Crippen molar-refractivity contribution >= 4 is 52.8 Å². The lowest BCUT2D eigenvalue weighted by Crippen LogP contribution is -2.42. The van der Waals surface area contributed by atoms with Crippen molar-refractivity contribution in [2.45, 2.75) is 22.6 Å². The van der Waals surface area contributed by atoms with Crippen LogP contribution in [0.1, 0.15) is 22.8 Å². The van der Waals surface area contributed by atoms with Gasteiger partial charge >= 0.3 is 0 Å². The topological polar surface area (TPSA) is 66.1 Å². The van der Waals surface area contributed by atoms with Gasteiger partial charge in [0.25, 0.3) is 0 Å². The van der Waals surface area contributed by atoms with E-state index >= 15 is 0 Å². The van der Waals surface area contributed by atoms with Crippen LogP contribution in [-0.4, -0.2) is 27.0 Å². The first-order valence-electron chi connectivity index (χ1n) is 11.0. The minimum absolute atomic E-state index is 0.108. The molecule has 5 nitrogen and oxygen atoms in total. The van der Waals surface area contributed by atoms with Gasteiger partial charge in [-0.15, -0.1) is 23.1 Å². The van der Waals surface area contributed by atoms with E-state index in [1.54, 1.807) is 29.3 Å². The van der Waals surface area contributed by atoms with E-state index in [2.05, 4.69) is 16.0 Å². The van der Waals surface area contributed by atoms with Gasteiger partial charge in [0.15, 0.2) is 3.95 Å². The van der Waals surface area contributed by atoms with Crippen LogP contribution in [0, 0.1) is 39.4 Å². The molecule has 2 aliphatic carbocycles. The maximum atomic E-state index is 13.6. The molecule has 166 valence electrons. The number of pyridine rings is 1. The maximum absolute atomic E-state index is 13.6. The SMILES string of the molecule is O=C1C2C3CC(C2C(=O)N1c1ccc(F)cc1)C1C(c2cccnc2)c2sc(=S)[nH]c2SC31. The Bertz CT molecular complexity index is 1360. The fourth-order valence-corrected chi connectivity index (χ4v) is 10.1. The van der Waals surface area contributed by atoms with Crippen LogP contribution in [0.25, 0.3) is 0 Å². The Hall–Kier alpha value is -2.36. The number of aromatic amines is 1. The lowest BCUT2D eigenvalue weighted by molar-refractivity contribution is -0.123. The number of nitrogens with one attached hydrogen (secondary N) is 1. The average molecular weight is 496 g/mol. The summed E-state index contributed by atoms with van der Waals surface area (Å²) in [5.41, 5.74) is 1.60. The van der Waals surface area contributed by atoms with Gasteiger partial charge in [0.1, 0.15) is 5.82 Å². The quantitative estimate of drug-likeness (QED) is 0.400. The number of thiazole rings is 1. The molecule has 7 atom stereocenters. The van der Waals surface area contributed by atoms with Crippen molar-refractivity contribution in [1.29, 1.82) is 0 Å². The molecule has 1 saturated heterocycles. The van der Waals surface area contributed by atoms with Crippen LogP contribution in [-0.2, 0) is 9.59 Å². The number of thioether (sulfide) groups is 1. The van der Waals surface area contributed by atoms with Crippen molar-refractivity contribution in [3.8, 4) is 0 Å². The highest BCUT2D eigenvalue weighted by atomic mass is 32.2. The molecule has 4 heterocycles. The molecule has 0 radical (unpaired) electrons. The second-order valence-corrected chi connectivity index (χ2v) is 12.1. The highest BCUT2D eigenvalue weighted by Crippen LogP contribution is 2.68. The van der Waals surface area contributed by atoms with Crippen LogP contribution >= 0.6 is 35.3 Å². The van der Waals surface area contributed by atoms with Crippen LogP contribution in [0.3, 0.4) is 0 Å². The molecule has 0 spiro atoms. The molecule has 2 saturated carbocycles. The Morgan fingerprint density at radius 2 is 1.85 bits per heavy atom. The lowest BCUT2D eigenvalue weighted by Gasteiger charge is -2.42. The first-order valence-corrected chi connectivity index (χ1v) is 13.1. The fourth-order valence-electron chi connectivity index (χ4n) is 6.79. The first kappa shape index (κ1) is 20.1. The van der Waals surface area contributed by atoms with Gasteiger partial charge in [0.2, 0.25) is 11.8 Å². The van der Waals surface area contributed by atoms with Gasteiger partial charge in [0, 0.05) is 28.4 Å². The van der Waals surface area contributed by atoms with E-state index < -0.39 is 0 Å². The zero-order valence-corrected chi connectivity index (χ0v) is 19.6. The number of H-pyrrole nitrogens is 1. The van der Waals surface area contributed by atoms with Gasteiger partial charge in [-0.1, -0.05) is 6.07 Å². The number of hydrogen-bond acceptors (Lipinski definition) is 6. The summed E-state index contributed by atoms with van der Waals surface area (Å²) in [6.45, 7) is 0. The summed E-state index contributed by atoms with van der Waals surface area (Å²) in [6, 6.07) is 9.69. The molecular formula is C24H18FN3O2S3. The van der Waals surface area contributed by atoms with Crippen LogP contribution in [0.5, 0.6) is 0 Å². The van der Waals surface area contributed by atoms with Crippen LogP contribution < -0.4 is 4.90 Å². The molecule has 9 heteroatoms. The third kappa shape index (κ3) is 2.70. The third-order valence-electron chi connectivity index (χ3n) is 7.85. The van der Waals surface area contributed by atoms with E-state index in [1.165, 1.54) is 34.0 Å². The van der Waals surface area contributed by atoms with Crippen molar-refractivity contribution < 1.29 is 14.0 Å². The number of nitrogens with zero attached hydrogens (tertiary/aromatic N) is 2. The van der Waals surface area contributed by atoms with Gasteiger partial charge in [-0.3, -0.25) is 19.5 Å². The molecule has 1 aromatic carbocycles. The molecule has 4 aliphatic rings. The van der Waals surface area contributed by atoms with Crippen LogP contribution in [0.15, 0.2) is 53.8 Å². The number of benzene rings is 1. The largest absolute Gasteiger partial charge is 0.332 e. The summed E-state index contributed by atoms with van der Waals surface area (Å²) in [4.78, 5) is 37.4. The van der Waals surface area contributed by atoms with Crippen molar-refractivity contribution in [2.75, 3.05) is 4.90 Å². The van der Waals surface area contributed by atoms with Gasteiger partial charge in [-0.25, -0.2) is 4.39 Å². The molecule has 2 aliphatic heterocycles. The fraction of sp³-hybridized carbons (Fsp3) is 0.333. The number of anilines is 1. The second kappa shape index (κ2) is 7.07. The van der Waals surface area contributed by atoms with Gasteiger partial charge in [0.05, 0.1) is 22.5 Å². The van der Waals surface area contributed by atoms with Crippen molar-refractivity contribution in [1.82, 2.24) is 9.97 Å². The second-order valence-electron chi connectivity index (χ2n) is 9.24. The summed E-state index contributed by atoms with van der Waals surface area (Å²) in [7, 11) is 0. The molecular weight excluding hydrogens is 477 g/mol. The number of amides is 2. The Morgan fingerprint density at radius 1 is 1.09 bits per heavy atom. The van der Waals surface area contributed by atoms with Gasteiger partial charge in [-0.2, -0.15) is 0 Å². The van der Waals surface area contributed by atoms with E-state index in [4.69, 9.17) is 12.2 Å². The molecule has 33 heavy (non-hydrogen) atoms. The van der Waals surface area contributed by atoms with Gasteiger partial charge < -0.3 is 4.98 Å². The summed E-state index contributed by atoms with van der Waals surface area (Å²) in [6.07, 6.45) is 4.58. The monoisotopic (exact) mass is 495 g/mol. The molecule has 7 rings (SSSR count). The van der Waals surface area contributed by atoms with E-state index in [-0.39, 0.29) is 58.4 Å². The van der Waals surface area contributed by atoms with Gasteiger partial charge in [-0.05, 0) is 72.3 Å². The highest BCUT2D eigenvalue weighted by molar-refractivity contribution is 8.00. The molecule has 2 bridgehead atoms. The predicted molar refractivity (Wildman–Crippen MR) is 126 cm³/mol. The van der Waals surface area contributed by atoms with Crippen molar-refractivity contribution in [3.05, 3.63) is 69.0 Å². The Kier molecular flexibility index (Phi) is 4.30. The number of hydrogen-bond donors (Lipinski definition) is 1. The van der Waals surface area contributed by atoms with Crippen molar-refractivity contribution in [3.63, 3.8) is 0 Å². The zero-order chi connectivity index (χ0) is 22.4. The van der Waals surface area contributed by atoms with Crippen LogP contribution in [0.4, 0.5) is 10.1 Å². The summed E-state index contributed by atoms with van der Waals surface area (Å²) >= 11 is 8.88. The lowest BCUT2D eigenvalue weighted by atomic mass is 9.68. The minimum Gasteiger partial charge on any atom is -0.332 e. The van der Waals surface area contributed by atoms with Crippen LogP contribution in [0.2, 0.25) is 0 Å². The number of fused-ring (bicyclic) bond motifs is 9. The zero-order valence-electron chi connectivity index (χ0n) is 17.2. The van der Waals surface area contributed by atoms with E-state index in [9.17, 15) is 14.0 Å². The number of carbonyl (C=O) groups excluding carboxylic acids is 2. The Balaban J connectivity index is 1.33. The summed E-state index contributed by atoms with van der Waals surface area (Å²) in [5.74, 6) is -0.681. The predicted octanol–water partition coefficient (Wildman–Crippen LogP) is 5.02. The first-order chi connectivity index (χ1) is 16.0. The third-order valence-corrected chi connectivity index (χ3v) is 10.8. The standard InChI is InChI=1S/C24H18FN3O2S3/c25-11-3-5-12(6-4-11)28-22(29)17-13-8-14(18(17)23(28)30)19-16(13)15(10-2-1-7-26-9-10)20-21(32-19)27-24(31)33-20/h1-7,9,13-19H,8H2,(H,27,31). The normalized spacial score (nSPS) is 33.8. The minimum atomic E-state index is -0.386. The average Bonchev–Trinajstić information content (AvgIpc) is 3.54. The van der Waals surface area contributed by atoms with E-state index in [1.807, 2.05) is 12.3 Å². The molecule has 3 fully saturated rings. The van der Waals surface area contributed by atoms with E-state index in [0.29, 0.717) is 5.69 Å². The Labute approximate surface area is 202 Å². The Morgan fingerprint density at radius 3 is 2.58 bits per heavy atom. The highest BCUT2D eigenvalue weighted by Gasteiger charge is 2.69. The van der Waals surface area contributed by atoms with E-state index in [0.717, 1.165) is 21.0 Å². The smallest absolute Gasteiger partial charge is 0.238 e. The number of halogens is 1.